The molecular formula is C20H22N2O2S. The van der Waals surface area contributed by atoms with Crippen LogP contribution in [0.4, 0.5) is 5.69 Å². The second-order valence-electron chi connectivity index (χ2n) is 6.09. The molecule has 1 aliphatic rings. The average molecular weight is 354 g/mol. The van der Waals surface area contributed by atoms with E-state index in [1.807, 2.05) is 48.2 Å². The molecule has 0 unspecified atom stereocenters. The molecule has 130 valence electrons. The average Bonchev–Trinajstić information content (AvgIpc) is 2.64. The number of rotatable bonds is 5. The van der Waals surface area contributed by atoms with Crippen LogP contribution in [0.3, 0.4) is 0 Å². The number of nitrogens with zero attached hydrogens (tertiary/aromatic N) is 1. The van der Waals surface area contributed by atoms with E-state index < -0.39 is 0 Å². The highest BCUT2D eigenvalue weighted by molar-refractivity contribution is 7.99. The molecule has 2 aromatic rings. The largest absolute Gasteiger partial charge is 0.324 e. The first-order valence-corrected chi connectivity index (χ1v) is 9.59. The highest BCUT2D eigenvalue weighted by Crippen LogP contribution is 2.26. The summed E-state index contributed by atoms with van der Waals surface area (Å²) in [4.78, 5) is 26.8. The molecule has 1 fully saturated rings. The number of amides is 1. The zero-order valence-corrected chi connectivity index (χ0v) is 15.1. The number of benzene rings is 2. The van der Waals surface area contributed by atoms with Gasteiger partial charge in [-0.25, -0.2) is 0 Å². The summed E-state index contributed by atoms with van der Waals surface area (Å²) in [5, 5.41) is 2.99. The van der Waals surface area contributed by atoms with E-state index in [-0.39, 0.29) is 17.7 Å². The van der Waals surface area contributed by atoms with Crippen molar-refractivity contribution in [2.45, 2.75) is 13.0 Å². The topological polar surface area (TPSA) is 49.4 Å². The Labute approximate surface area is 152 Å². The van der Waals surface area contributed by atoms with Gasteiger partial charge in [-0.15, -0.1) is 0 Å². The van der Waals surface area contributed by atoms with Crippen LogP contribution in [-0.2, 0) is 4.79 Å². The molecular weight excluding hydrogens is 332 g/mol. The van der Waals surface area contributed by atoms with Crippen LogP contribution in [-0.4, -0.2) is 41.2 Å². The van der Waals surface area contributed by atoms with Gasteiger partial charge in [-0.3, -0.25) is 14.5 Å². The van der Waals surface area contributed by atoms with E-state index in [9.17, 15) is 9.59 Å². The molecule has 0 aliphatic carbocycles. The number of ketones is 1. The summed E-state index contributed by atoms with van der Waals surface area (Å²) in [5.41, 5.74) is 2.25. The van der Waals surface area contributed by atoms with Gasteiger partial charge in [-0.2, -0.15) is 11.8 Å². The Hall–Kier alpha value is -2.11. The molecule has 0 bridgehead atoms. The number of thioether (sulfide) groups is 1. The normalized spacial score (nSPS) is 16.2. The van der Waals surface area contributed by atoms with Gasteiger partial charge in [0.25, 0.3) is 0 Å². The third-order valence-corrected chi connectivity index (χ3v) is 5.25. The van der Waals surface area contributed by atoms with Crippen LogP contribution in [0.2, 0.25) is 0 Å². The van der Waals surface area contributed by atoms with Gasteiger partial charge in [0.15, 0.2) is 5.78 Å². The number of anilines is 1. The van der Waals surface area contributed by atoms with Crippen LogP contribution >= 0.6 is 11.8 Å². The molecule has 0 radical (unpaired) electrons. The molecule has 1 saturated heterocycles. The Morgan fingerprint density at radius 2 is 1.76 bits per heavy atom. The fraction of sp³-hybridized carbons (Fsp3) is 0.300. The SMILES string of the molecule is CC(=O)c1cccc(NC(=O)[C@@H](c2ccccc2)N2CCSCC2)c1. The molecule has 0 aromatic heterocycles. The van der Waals surface area contributed by atoms with E-state index in [1.165, 1.54) is 6.92 Å². The molecule has 1 aliphatic heterocycles. The Kier molecular flexibility index (Phi) is 5.89. The summed E-state index contributed by atoms with van der Waals surface area (Å²) in [6.07, 6.45) is 0. The first kappa shape index (κ1) is 17.7. The van der Waals surface area contributed by atoms with Crippen molar-refractivity contribution in [3.8, 4) is 0 Å². The summed E-state index contributed by atoms with van der Waals surface area (Å²) >= 11 is 1.92. The van der Waals surface area contributed by atoms with Crippen molar-refractivity contribution in [1.82, 2.24) is 4.90 Å². The number of hydrogen-bond donors (Lipinski definition) is 1. The Balaban J connectivity index is 1.84. The highest BCUT2D eigenvalue weighted by Gasteiger charge is 2.28. The van der Waals surface area contributed by atoms with Gasteiger partial charge >= 0.3 is 0 Å². The summed E-state index contributed by atoms with van der Waals surface area (Å²) in [5.74, 6) is 2.01. The number of nitrogens with one attached hydrogen (secondary N) is 1. The van der Waals surface area contributed by atoms with Gasteiger partial charge in [0.05, 0.1) is 0 Å². The Morgan fingerprint density at radius 3 is 2.44 bits per heavy atom. The number of Topliss-reactive ketones (excluding diaryl/α,β-unsaturated/α-hetero) is 1. The van der Waals surface area contributed by atoms with E-state index in [1.54, 1.807) is 18.2 Å². The van der Waals surface area contributed by atoms with E-state index in [0.717, 1.165) is 30.2 Å². The number of hydrogen-bond acceptors (Lipinski definition) is 4. The van der Waals surface area contributed by atoms with E-state index in [0.29, 0.717) is 11.3 Å². The monoisotopic (exact) mass is 354 g/mol. The van der Waals surface area contributed by atoms with Gasteiger partial charge in [0.1, 0.15) is 6.04 Å². The van der Waals surface area contributed by atoms with Crippen LogP contribution in [0.15, 0.2) is 54.6 Å². The fourth-order valence-electron chi connectivity index (χ4n) is 3.03. The van der Waals surface area contributed by atoms with E-state index in [4.69, 9.17) is 0 Å². The lowest BCUT2D eigenvalue weighted by molar-refractivity contribution is -0.121. The molecule has 2 aromatic carbocycles. The second kappa shape index (κ2) is 8.32. The fourth-order valence-corrected chi connectivity index (χ4v) is 3.96. The predicted molar refractivity (Wildman–Crippen MR) is 103 cm³/mol. The minimum atomic E-state index is -0.317. The summed E-state index contributed by atoms with van der Waals surface area (Å²) in [7, 11) is 0. The van der Waals surface area contributed by atoms with E-state index in [2.05, 4.69) is 10.2 Å². The number of carbonyl (C=O) groups is 2. The van der Waals surface area contributed by atoms with E-state index >= 15 is 0 Å². The van der Waals surface area contributed by atoms with Crippen LogP contribution in [0, 0.1) is 0 Å². The van der Waals surface area contributed by atoms with Crippen molar-refractivity contribution in [2.24, 2.45) is 0 Å². The summed E-state index contributed by atoms with van der Waals surface area (Å²) < 4.78 is 0. The lowest BCUT2D eigenvalue weighted by Crippen LogP contribution is -2.41. The maximum Gasteiger partial charge on any atom is 0.246 e. The lowest BCUT2D eigenvalue weighted by Gasteiger charge is -2.33. The molecule has 5 heteroatoms. The molecule has 1 N–H and O–H groups in total. The maximum atomic E-state index is 13.0. The lowest BCUT2D eigenvalue weighted by atomic mass is 10.0. The molecule has 1 atom stereocenters. The van der Waals surface area contributed by atoms with Crippen molar-refractivity contribution >= 4 is 29.1 Å². The first-order chi connectivity index (χ1) is 12.1. The van der Waals surface area contributed by atoms with Crippen molar-refractivity contribution in [3.05, 3.63) is 65.7 Å². The molecule has 25 heavy (non-hydrogen) atoms. The maximum absolute atomic E-state index is 13.0. The van der Waals surface area contributed by atoms with Gasteiger partial charge < -0.3 is 5.32 Å². The Bertz CT molecular complexity index is 742. The molecule has 0 saturated carbocycles. The van der Waals surface area contributed by atoms with Gasteiger partial charge in [0.2, 0.25) is 5.91 Å². The van der Waals surface area contributed by atoms with Crippen LogP contribution in [0.25, 0.3) is 0 Å². The predicted octanol–water partition coefficient (Wildman–Crippen LogP) is 3.62. The smallest absolute Gasteiger partial charge is 0.246 e. The molecule has 3 rings (SSSR count). The second-order valence-corrected chi connectivity index (χ2v) is 7.31. The zero-order chi connectivity index (χ0) is 17.6. The molecule has 1 amide bonds. The zero-order valence-electron chi connectivity index (χ0n) is 14.3. The van der Waals surface area contributed by atoms with Crippen molar-refractivity contribution in [1.29, 1.82) is 0 Å². The molecule has 1 heterocycles. The highest BCUT2D eigenvalue weighted by atomic mass is 32.2. The molecule has 4 nitrogen and oxygen atoms in total. The van der Waals surface area contributed by atoms with Crippen LogP contribution in [0.1, 0.15) is 28.9 Å². The minimum Gasteiger partial charge on any atom is -0.324 e. The first-order valence-electron chi connectivity index (χ1n) is 8.44. The Morgan fingerprint density at radius 1 is 1.04 bits per heavy atom. The van der Waals surface area contributed by atoms with Gasteiger partial charge in [-0.1, -0.05) is 42.5 Å². The summed E-state index contributed by atoms with van der Waals surface area (Å²) in [6, 6.07) is 16.7. The minimum absolute atomic E-state index is 0.0104. The molecule has 0 spiro atoms. The quantitative estimate of drug-likeness (QED) is 0.833. The van der Waals surface area contributed by atoms with Crippen LogP contribution < -0.4 is 5.32 Å². The summed E-state index contributed by atoms with van der Waals surface area (Å²) in [6.45, 7) is 3.31. The van der Waals surface area contributed by atoms with Gasteiger partial charge in [0, 0.05) is 35.8 Å². The van der Waals surface area contributed by atoms with Crippen molar-refractivity contribution in [3.63, 3.8) is 0 Å². The third-order valence-electron chi connectivity index (χ3n) is 4.31. The van der Waals surface area contributed by atoms with Crippen molar-refractivity contribution < 1.29 is 9.59 Å². The number of carbonyl (C=O) groups excluding carboxylic acids is 2. The standard InChI is InChI=1S/C20H22N2O2S/c1-15(23)17-8-5-9-18(14-17)21-20(24)19(16-6-3-2-4-7-16)22-10-12-25-13-11-22/h2-9,14,19H,10-13H2,1H3,(H,21,24)/t19-/m1/s1. The van der Waals surface area contributed by atoms with Gasteiger partial charge in [-0.05, 0) is 24.6 Å². The third kappa shape index (κ3) is 4.50. The van der Waals surface area contributed by atoms with Crippen molar-refractivity contribution in [2.75, 3.05) is 29.9 Å². The van der Waals surface area contributed by atoms with Crippen LogP contribution in [0.5, 0.6) is 0 Å².